The van der Waals surface area contributed by atoms with Gasteiger partial charge in [-0.15, -0.1) is 0 Å². The Labute approximate surface area is 86.1 Å². The third-order valence-corrected chi connectivity index (χ3v) is 2.96. The second-order valence-electron chi connectivity index (χ2n) is 4.22. The average molecular weight is 190 g/mol. The molecule has 76 valence electrons. The molecule has 1 heteroatoms. The lowest BCUT2D eigenvalue weighted by Crippen LogP contribution is -2.12. The molecule has 1 aromatic carbocycles. The summed E-state index contributed by atoms with van der Waals surface area (Å²) in [6, 6.07) is 6.63. The van der Waals surface area contributed by atoms with Crippen molar-refractivity contribution in [2.45, 2.75) is 39.2 Å². The fourth-order valence-electron chi connectivity index (χ4n) is 2.09. The van der Waals surface area contributed by atoms with Crippen LogP contribution in [0.3, 0.4) is 0 Å². The summed E-state index contributed by atoms with van der Waals surface area (Å²) in [5, 5.41) is 0. The minimum Gasteiger partial charge on any atom is -0.374 e. The van der Waals surface area contributed by atoms with Crippen molar-refractivity contribution >= 4 is 0 Å². The Hall–Kier alpha value is -0.820. The number of hydrogen-bond donors (Lipinski definition) is 0. The molecule has 1 heterocycles. The summed E-state index contributed by atoms with van der Waals surface area (Å²) >= 11 is 0. The number of hydrogen-bond acceptors (Lipinski definition) is 1. The third-order valence-electron chi connectivity index (χ3n) is 2.96. The van der Waals surface area contributed by atoms with Gasteiger partial charge in [-0.25, -0.2) is 0 Å². The number of ether oxygens (including phenoxy) is 1. The fourth-order valence-corrected chi connectivity index (χ4v) is 2.09. The zero-order chi connectivity index (χ0) is 9.97. The lowest BCUT2D eigenvalue weighted by atomic mass is 9.96. The SMILES string of the molecule is Cc1ccc(C)c([C@@H]2CCCCO2)c1. The molecule has 1 aliphatic heterocycles. The van der Waals surface area contributed by atoms with Crippen LogP contribution in [0, 0.1) is 13.8 Å². The standard InChI is InChI=1S/C13H18O/c1-10-6-7-11(2)12(9-10)13-5-3-4-8-14-13/h6-7,9,13H,3-5,8H2,1-2H3/t13-/m0/s1. The summed E-state index contributed by atoms with van der Waals surface area (Å²) in [7, 11) is 0. The first-order chi connectivity index (χ1) is 6.77. The highest BCUT2D eigenvalue weighted by atomic mass is 16.5. The molecule has 1 atom stereocenters. The largest absolute Gasteiger partial charge is 0.374 e. The van der Waals surface area contributed by atoms with Crippen LogP contribution >= 0.6 is 0 Å². The lowest BCUT2D eigenvalue weighted by molar-refractivity contribution is 0.0145. The molecule has 0 spiro atoms. The molecular formula is C13H18O. The summed E-state index contributed by atoms with van der Waals surface area (Å²) in [6.07, 6.45) is 4.06. The van der Waals surface area contributed by atoms with Gasteiger partial charge in [-0.2, -0.15) is 0 Å². The molecule has 1 saturated heterocycles. The van der Waals surface area contributed by atoms with Crippen LogP contribution in [0.25, 0.3) is 0 Å². The Morgan fingerprint density at radius 2 is 2.07 bits per heavy atom. The molecule has 1 aromatic rings. The smallest absolute Gasteiger partial charge is 0.0827 e. The Morgan fingerprint density at radius 3 is 2.79 bits per heavy atom. The van der Waals surface area contributed by atoms with Crippen LogP contribution < -0.4 is 0 Å². The van der Waals surface area contributed by atoms with Crippen LogP contribution in [0.4, 0.5) is 0 Å². The van der Waals surface area contributed by atoms with Crippen LogP contribution in [0.15, 0.2) is 18.2 Å². The Morgan fingerprint density at radius 1 is 1.21 bits per heavy atom. The molecule has 0 aromatic heterocycles. The van der Waals surface area contributed by atoms with Crippen LogP contribution in [-0.4, -0.2) is 6.61 Å². The van der Waals surface area contributed by atoms with Gasteiger partial charge in [0.05, 0.1) is 6.10 Å². The van der Waals surface area contributed by atoms with Gasteiger partial charge in [0, 0.05) is 6.61 Å². The first-order valence-corrected chi connectivity index (χ1v) is 5.46. The Bertz CT molecular complexity index is 311. The van der Waals surface area contributed by atoms with E-state index in [0.717, 1.165) is 6.61 Å². The van der Waals surface area contributed by atoms with Crippen molar-refractivity contribution in [3.8, 4) is 0 Å². The van der Waals surface area contributed by atoms with Crippen molar-refractivity contribution in [2.75, 3.05) is 6.61 Å². The molecule has 2 rings (SSSR count). The van der Waals surface area contributed by atoms with E-state index in [9.17, 15) is 0 Å². The van der Waals surface area contributed by atoms with E-state index in [1.54, 1.807) is 0 Å². The number of rotatable bonds is 1. The summed E-state index contributed by atoms with van der Waals surface area (Å²) in [5.74, 6) is 0. The van der Waals surface area contributed by atoms with Gasteiger partial charge in [0.25, 0.3) is 0 Å². The summed E-state index contributed by atoms with van der Waals surface area (Å²) in [5.41, 5.74) is 4.09. The van der Waals surface area contributed by atoms with Crippen LogP contribution in [-0.2, 0) is 4.74 Å². The van der Waals surface area contributed by atoms with E-state index >= 15 is 0 Å². The van der Waals surface area contributed by atoms with Crippen LogP contribution in [0.2, 0.25) is 0 Å². The quantitative estimate of drug-likeness (QED) is 0.658. The molecule has 0 unspecified atom stereocenters. The van der Waals surface area contributed by atoms with Crippen molar-refractivity contribution in [1.29, 1.82) is 0 Å². The van der Waals surface area contributed by atoms with Crippen molar-refractivity contribution in [2.24, 2.45) is 0 Å². The van der Waals surface area contributed by atoms with Crippen molar-refractivity contribution < 1.29 is 4.74 Å². The van der Waals surface area contributed by atoms with E-state index < -0.39 is 0 Å². The molecule has 1 fully saturated rings. The maximum atomic E-state index is 5.80. The monoisotopic (exact) mass is 190 g/mol. The zero-order valence-electron chi connectivity index (χ0n) is 9.05. The molecule has 0 N–H and O–H groups in total. The van der Waals surface area contributed by atoms with Crippen molar-refractivity contribution in [3.05, 3.63) is 34.9 Å². The predicted octanol–water partition coefficient (Wildman–Crippen LogP) is 3.55. The van der Waals surface area contributed by atoms with Crippen molar-refractivity contribution in [1.82, 2.24) is 0 Å². The Balaban J connectivity index is 2.24. The molecular weight excluding hydrogens is 172 g/mol. The molecule has 14 heavy (non-hydrogen) atoms. The summed E-state index contributed by atoms with van der Waals surface area (Å²) in [6.45, 7) is 5.25. The van der Waals surface area contributed by atoms with Gasteiger partial charge in [0.2, 0.25) is 0 Å². The third kappa shape index (κ3) is 1.98. The molecule has 0 saturated carbocycles. The maximum absolute atomic E-state index is 5.80. The molecule has 1 aliphatic rings. The number of benzene rings is 1. The first kappa shape index (κ1) is 9.72. The van der Waals surface area contributed by atoms with Crippen molar-refractivity contribution in [3.63, 3.8) is 0 Å². The van der Waals surface area contributed by atoms with E-state index in [0.29, 0.717) is 6.10 Å². The van der Waals surface area contributed by atoms with Gasteiger partial charge in [0.1, 0.15) is 0 Å². The van der Waals surface area contributed by atoms with E-state index in [1.165, 1.54) is 36.0 Å². The highest BCUT2D eigenvalue weighted by Gasteiger charge is 2.17. The van der Waals surface area contributed by atoms with E-state index in [1.807, 2.05) is 0 Å². The first-order valence-electron chi connectivity index (χ1n) is 5.46. The molecule has 0 amide bonds. The minimum absolute atomic E-state index is 0.351. The zero-order valence-corrected chi connectivity index (χ0v) is 9.05. The molecule has 1 nitrogen and oxygen atoms in total. The second kappa shape index (κ2) is 4.14. The predicted molar refractivity (Wildman–Crippen MR) is 58.5 cm³/mol. The van der Waals surface area contributed by atoms with E-state index in [4.69, 9.17) is 4.74 Å². The summed E-state index contributed by atoms with van der Waals surface area (Å²) in [4.78, 5) is 0. The van der Waals surface area contributed by atoms with Gasteiger partial charge in [-0.05, 0) is 44.2 Å². The van der Waals surface area contributed by atoms with E-state index in [2.05, 4.69) is 32.0 Å². The van der Waals surface area contributed by atoms with Crippen LogP contribution in [0.1, 0.15) is 42.1 Å². The van der Waals surface area contributed by atoms with Gasteiger partial charge in [-0.3, -0.25) is 0 Å². The number of aryl methyl sites for hydroxylation is 2. The Kier molecular flexibility index (Phi) is 2.87. The van der Waals surface area contributed by atoms with E-state index in [-0.39, 0.29) is 0 Å². The topological polar surface area (TPSA) is 9.23 Å². The maximum Gasteiger partial charge on any atom is 0.0827 e. The molecule has 0 bridgehead atoms. The van der Waals surface area contributed by atoms with Crippen LogP contribution in [0.5, 0.6) is 0 Å². The van der Waals surface area contributed by atoms with Gasteiger partial charge in [0.15, 0.2) is 0 Å². The van der Waals surface area contributed by atoms with Gasteiger partial charge in [-0.1, -0.05) is 23.8 Å². The average Bonchev–Trinajstić information content (AvgIpc) is 2.23. The summed E-state index contributed by atoms with van der Waals surface area (Å²) < 4.78 is 5.80. The normalized spacial score (nSPS) is 22.3. The molecule has 0 radical (unpaired) electrons. The van der Waals surface area contributed by atoms with Gasteiger partial charge >= 0.3 is 0 Å². The second-order valence-corrected chi connectivity index (χ2v) is 4.22. The van der Waals surface area contributed by atoms with Gasteiger partial charge < -0.3 is 4.74 Å². The highest BCUT2D eigenvalue weighted by molar-refractivity contribution is 5.32. The minimum atomic E-state index is 0.351. The highest BCUT2D eigenvalue weighted by Crippen LogP contribution is 2.30. The molecule has 0 aliphatic carbocycles. The lowest BCUT2D eigenvalue weighted by Gasteiger charge is -2.24. The fraction of sp³-hybridized carbons (Fsp3) is 0.538.